The molecule has 2 fully saturated rings. The van der Waals surface area contributed by atoms with Crippen molar-refractivity contribution in [2.75, 3.05) is 26.2 Å². The molecule has 1 aliphatic carbocycles. The third-order valence-corrected chi connectivity index (χ3v) is 3.82. The summed E-state index contributed by atoms with van der Waals surface area (Å²) in [6.07, 6.45) is 4.43. The van der Waals surface area contributed by atoms with E-state index in [0.717, 1.165) is 32.2 Å². The van der Waals surface area contributed by atoms with Crippen LogP contribution in [0.4, 0.5) is 0 Å². The molecule has 19 heavy (non-hydrogen) atoms. The molecule has 3 N–H and O–H groups in total. The monoisotopic (exact) mass is 269 g/mol. The van der Waals surface area contributed by atoms with E-state index in [9.17, 15) is 9.59 Å². The number of nitrogens with one attached hydrogen (secondary N) is 1. The predicted octanol–water partition coefficient (Wildman–Crippen LogP) is -0.379. The van der Waals surface area contributed by atoms with E-state index < -0.39 is 5.91 Å². The molecule has 2 aliphatic rings. The maximum Gasteiger partial charge on any atom is 0.237 e. The number of hydrogen-bond donors (Lipinski definition) is 2. The number of nitrogens with two attached hydrogens (primary N) is 1. The Balaban J connectivity index is 1.91. The summed E-state index contributed by atoms with van der Waals surface area (Å²) in [4.78, 5) is 25.2. The fourth-order valence-corrected chi connectivity index (χ4v) is 2.87. The summed E-state index contributed by atoms with van der Waals surface area (Å²) in [5.74, 6) is -0.456. The van der Waals surface area contributed by atoms with Gasteiger partial charge < -0.3 is 20.7 Å². The number of carbonyl (C=O) groups is 2. The third kappa shape index (κ3) is 4.18. The van der Waals surface area contributed by atoms with Crippen molar-refractivity contribution in [1.29, 1.82) is 0 Å². The largest absolute Gasteiger partial charge is 0.375 e. The van der Waals surface area contributed by atoms with Gasteiger partial charge in [0.15, 0.2) is 0 Å². The fourth-order valence-electron chi connectivity index (χ4n) is 2.87. The molecule has 0 aromatic heterocycles. The minimum Gasteiger partial charge on any atom is -0.375 e. The van der Waals surface area contributed by atoms with Gasteiger partial charge >= 0.3 is 0 Å². The maximum atomic E-state index is 12.3. The number of amides is 2. The van der Waals surface area contributed by atoms with Crippen molar-refractivity contribution in [3.8, 4) is 0 Å². The summed E-state index contributed by atoms with van der Waals surface area (Å²) in [6, 6.07) is 0.177. The van der Waals surface area contributed by atoms with Gasteiger partial charge in [0.1, 0.15) is 0 Å². The van der Waals surface area contributed by atoms with Gasteiger partial charge in [-0.2, -0.15) is 0 Å². The Labute approximate surface area is 113 Å². The van der Waals surface area contributed by atoms with Crippen LogP contribution in [-0.2, 0) is 14.3 Å². The van der Waals surface area contributed by atoms with Gasteiger partial charge in [0.25, 0.3) is 0 Å². The Bertz CT molecular complexity index is 323. The number of rotatable bonds is 5. The van der Waals surface area contributed by atoms with E-state index in [1.165, 1.54) is 0 Å². The lowest BCUT2D eigenvalue weighted by Crippen LogP contribution is -2.47. The Morgan fingerprint density at radius 1 is 1.32 bits per heavy atom. The molecule has 1 saturated carbocycles. The molecule has 108 valence electrons. The van der Waals surface area contributed by atoms with Crippen LogP contribution < -0.4 is 11.1 Å². The minimum absolute atomic E-state index is 0.0144. The molecule has 2 rings (SSSR count). The van der Waals surface area contributed by atoms with Crippen LogP contribution in [-0.4, -0.2) is 55.1 Å². The predicted molar refractivity (Wildman–Crippen MR) is 70.4 cm³/mol. The van der Waals surface area contributed by atoms with E-state index in [-0.39, 0.29) is 24.6 Å². The van der Waals surface area contributed by atoms with Gasteiger partial charge in [0.2, 0.25) is 11.8 Å². The summed E-state index contributed by atoms with van der Waals surface area (Å²) in [6.45, 7) is 2.19. The molecule has 1 atom stereocenters. The van der Waals surface area contributed by atoms with Crippen LogP contribution in [0.5, 0.6) is 0 Å². The van der Waals surface area contributed by atoms with Crippen LogP contribution >= 0.6 is 0 Å². The standard InChI is InChI=1S/C13H23N3O3/c14-12(17)9-16(10-3-1-2-4-10)13(18)7-11-8-15-5-6-19-11/h10-11,15H,1-9H2,(H2,14,17). The summed E-state index contributed by atoms with van der Waals surface area (Å²) < 4.78 is 5.54. The molecule has 1 aliphatic heterocycles. The molecule has 1 unspecified atom stereocenters. The summed E-state index contributed by atoms with van der Waals surface area (Å²) >= 11 is 0. The first-order valence-corrected chi connectivity index (χ1v) is 7.07. The van der Waals surface area contributed by atoms with Crippen LogP contribution in [0.3, 0.4) is 0 Å². The van der Waals surface area contributed by atoms with Gasteiger partial charge in [-0.15, -0.1) is 0 Å². The molecule has 2 amide bonds. The lowest BCUT2D eigenvalue weighted by Gasteiger charge is -2.30. The molecule has 6 heteroatoms. The van der Waals surface area contributed by atoms with E-state index in [1.807, 2.05) is 0 Å². The van der Waals surface area contributed by atoms with Crippen LogP contribution in [0.1, 0.15) is 32.1 Å². The molecule has 1 heterocycles. The van der Waals surface area contributed by atoms with E-state index in [1.54, 1.807) is 4.90 Å². The van der Waals surface area contributed by atoms with Crippen LogP contribution in [0.2, 0.25) is 0 Å². The Hall–Kier alpha value is -1.14. The van der Waals surface area contributed by atoms with Gasteiger partial charge in [0, 0.05) is 19.1 Å². The zero-order chi connectivity index (χ0) is 13.7. The lowest BCUT2D eigenvalue weighted by molar-refractivity contribution is -0.140. The first-order valence-electron chi connectivity index (χ1n) is 7.07. The smallest absolute Gasteiger partial charge is 0.237 e. The van der Waals surface area contributed by atoms with Crippen molar-refractivity contribution in [3.05, 3.63) is 0 Å². The Morgan fingerprint density at radius 3 is 2.63 bits per heavy atom. The molecule has 6 nitrogen and oxygen atoms in total. The first kappa shape index (κ1) is 14.3. The van der Waals surface area contributed by atoms with Crippen molar-refractivity contribution >= 4 is 11.8 Å². The average molecular weight is 269 g/mol. The first-order chi connectivity index (χ1) is 9.16. The quantitative estimate of drug-likeness (QED) is 0.712. The molecule has 0 aromatic carbocycles. The fraction of sp³-hybridized carbons (Fsp3) is 0.846. The highest BCUT2D eigenvalue weighted by atomic mass is 16.5. The number of morpholine rings is 1. The Morgan fingerprint density at radius 2 is 2.05 bits per heavy atom. The highest BCUT2D eigenvalue weighted by Crippen LogP contribution is 2.24. The second-order valence-corrected chi connectivity index (χ2v) is 5.33. The third-order valence-electron chi connectivity index (χ3n) is 3.82. The minimum atomic E-state index is -0.442. The summed E-state index contributed by atoms with van der Waals surface area (Å²) in [7, 11) is 0. The molecule has 0 aromatic rings. The van der Waals surface area contributed by atoms with Crippen molar-refractivity contribution in [3.63, 3.8) is 0 Å². The second kappa shape index (κ2) is 6.86. The molecule has 0 radical (unpaired) electrons. The van der Waals surface area contributed by atoms with Gasteiger partial charge in [-0.1, -0.05) is 12.8 Å². The van der Waals surface area contributed by atoms with Crippen LogP contribution in [0.15, 0.2) is 0 Å². The lowest BCUT2D eigenvalue weighted by atomic mass is 10.1. The van der Waals surface area contributed by atoms with Crippen molar-refractivity contribution in [2.24, 2.45) is 5.73 Å². The number of primary amides is 1. The topological polar surface area (TPSA) is 84.7 Å². The average Bonchev–Trinajstić information content (AvgIpc) is 2.90. The van der Waals surface area contributed by atoms with Crippen molar-refractivity contribution in [1.82, 2.24) is 10.2 Å². The maximum absolute atomic E-state index is 12.3. The summed E-state index contributed by atoms with van der Waals surface area (Å²) in [5.41, 5.74) is 5.26. The van der Waals surface area contributed by atoms with Crippen molar-refractivity contribution < 1.29 is 14.3 Å². The van der Waals surface area contributed by atoms with Gasteiger partial charge in [0.05, 0.1) is 25.7 Å². The number of hydrogen-bond acceptors (Lipinski definition) is 4. The normalized spacial score (nSPS) is 24.3. The summed E-state index contributed by atoms with van der Waals surface area (Å²) in [5, 5.41) is 3.20. The molecular formula is C13H23N3O3. The second-order valence-electron chi connectivity index (χ2n) is 5.33. The van der Waals surface area contributed by atoms with E-state index >= 15 is 0 Å². The van der Waals surface area contributed by atoms with E-state index in [0.29, 0.717) is 19.6 Å². The number of nitrogens with zero attached hydrogens (tertiary/aromatic N) is 1. The molecular weight excluding hydrogens is 246 g/mol. The van der Waals surface area contributed by atoms with Gasteiger partial charge in [-0.25, -0.2) is 0 Å². The van der Waals surface area contributed by atoms with E-state index in [2.05, 4.69) is 5.32 Å². The van der Waals surface area contributed by atoms with Gasteiger partial charge in [-0.05, 0) is 12.8 Å². The molecule has 1 saturated heterocycles. The number of carbonyl (C=O) groups excluding carboxylic acids is 2. The molecule has 0 bridgehead atoms. The highest BCUT2D eigenvalue weighted by molar-refractivity contribution is 5.84. The Kier molecular flexibility index (Phi) is 5.15. The molecule has 0 spiro atoms. The van der Waals surface area contributed by atoms with Gasteiger partial charge in [-0.3, -0.25) is 9.59 Å². The van der Waals surface area contributed by atoms with E-state index in [4.69, 9.17) is 10.5 Å². The number of ether oxygens (including phenoxy) is 1. The van der Waals surface area contributed by atoms with Crippen LogP contribution in [0, 0.1) is 0 Å². The van der Waals surface area contributed by atoms with Crippen LogP contribution in [0.25, 0.3) is 0 Å². The highest BCUT2D eigenvalue weighted by Gasteiger charge is 2.29. The van der Waals surface area contributed by atoms with Crippen molar-refractivity contribution in [2.45, 2.75) is 44.2 Å². The zero-order valence-corrected chi connectivity index (χ0v) is 11.3. The zero-order valence-electron chi connectivity index (χ0n) is 11.3. The SMILES string of the molecule is NC(=O)CN(C(=O)CC1CNCCO1)C1CCCC1.